The Balaban J connectivity index is 2.41. The van der Waals surface area contributed by atoms with Crippen LogP contribution in [-0.4, -0.2) is 34.2 Å². The average molecular weight is 266 g/mol. The van der Waals surface area contributed by atoms with Crippen LogP contribution in [0, 0.1) is 4.78 Å². The zero-order valence-corrected chi connectivity index (χ0v) is 12.2. The minimum atomic E-state index is -2.40. The summed E-state index contributed by atoms with van der Waals surface area (Å²) >= 11 is 0. The fourth-order valence-electron chi connectivity index (χ4n) is 2.58. The van der Waals surface area contributed by atoms with Gasteiger partial charge >= 0.3 is 0 Å². The Kier molecular flexibility index (Phi) is 3.78. The van der Waals surface area contributed by atoms with Gasteiger partial charge in [0.1, 0.15) is 0 Å². The van der Waals surface area contributed by atoms with Gasteiger partial charge in [-0.15, -0.1) is 0 Å². The van der Waals surface area contributed by atoms with Crippen LogP contribution in [0.15, 0.2) is 24.3 Å². The summed E-state index contributed by atoms with van der Waals surface area (Å²) in [4.78, 5) is 2.24. The van der Waals surface area contributed by atoms with Gasteiger partial charge in [0.05, 0.1) is 5.75 Å². The molecule has 0 saturated carbocycles. The average Bonchev–Trinajstić information content (AvgIpc) is 2.32. The molecule has 3 nitrogen and oxygen atoms in total. The van der Waals surface area contributed by atoms with Gasteiger partial charge in [-0.2, -0.15) is 0 Å². The number of nitrogens with one attached hydrogen (secondary N) is 1. The highest BCUT2D eigenvalue weighted by Crippen LogP contribution is 2.31. The zero-order chi connectivity index (χ0) is 13.3. The van der Waals surface area contributed by atoms with E-state index in [0.29, 0.717) is 17.4 Å². The summed E-state index contributed by atoms with van der Waals surface area (Å²) in [6.45, 7) is 5.11. The normalized spacial score (nSPS) is 29.7. The highest BCUT2D eigenvalue weighted by molar-refractivity contribution is 7.92. The van der Waals surface area contributed by atoms with Crippen LogP contribution >= 0.6 is 0 Å². The van der Waals surface area contributed by atoms with Crippen LogP contribution in [0.4, 0.5) is 0 Å². The number of benzene rings is 1. The molecule has 1 aromatic carbocycles. The quantitative estimate of drug-likeness (QED) is 0.894. The molecule has 0 radical (unpaired) electrons. The van der Waals surface area contributed by atoms with Crippen LogP contribution in [0.5, 0.6) is 0 Å². The predicted octanol–water partition coefficient (Wildman–Crippen LogP) is 2.84. The highest BCUT2D eigenvalue weighted by atomic mass is 32.2. The molecular weight excluding hydrogens is 244 g/mol. The molecule has 0 spiro atoms. The maximum atomic E-state index is 12.1. The molecule has 0 bridgehead atoms. The van der Waals surface area contributed by atoms with Gasteiger partial charge in [-0.3, -0.25) is 9.68 Å². The van der Waals surface area contributed by atoms with E-state index in [0.717, 1.165) is 6.54 Å². The second-order valence-electron chi connectivity index (χ2n) is 5.46. The van der Waals surface area contributed by atoms with Crippen molar-refractivity contribution in [2.45, 2.75) is 25.8 Å². The van der Waals surface area contributed by atoms with Gasteiger partial charge in [0.25, 0.3) is 0 Å². The molecule has 0 aromatic heterocycles. The van der Waals surface area contributed by atoms with Crippen molar-refractivity contribution in [3.8, 4) is 0 Å². The van der Waals surface area contributed by atoms with Crippen LogP contribution in [0.3, 0.4) is 0 Å². The largest absolute Gasteiger partial charge is 0.297 e. The van der Waals surface area contributed by atoms with E-state index >= 15 is 0 Å². The molecular formula is C14H22N2OS. The van der Waals surface area contributed by atoms with Crippen molar-refractivity contribution < 1.29 is 4.21 Å². The number of hydrogen-bond acceptors (Lipinski definition) is 3. The van der Waals surface area contributed by atoms with Gasteiger partial charge in [0, 0.05) is 28.1 Å². The van der Waals surface area contributed by atoms with E-state index in [4.69, 9.17) is 4.78 Å². The Hall–Kier alpha value is -0.870. The first-order chi connectivity index (χ1) is 8.41. The summed E-state index contributed by atoms with van der Waals surface area (Å²) in [5, 5.41) is 0. The Morgan fingerprint density at radius 2 is 2.06 bits per heavy atom. The summed E-state index contributed by atoms with van der Waals surface area (Å²) in [6.07, 6.45) is 0. The van der Waals surface area contributed by atoms with Crippen molar-refractivity contribution in [3.05, 3.63) is 35.4 Å². The van der Waals surface area contributed by atoms with Crippen molar-refractivity contribution in [3.63, 3.8) is 0 Å². The molecule has 1 N–H and O–H groups in total. The van der Waals surface area contributed by atoms with Crippen LogP contribution in [-0.2, 0) is 9.73 Å². The van der Waals surface area contributed by atoms with E-state index in [1.165, 1.54) is 11.1 Å². The Labute approximate surface area is 110 Å². The lowest BCUT2D eigenvalue weighted by atomic mass is 9.93. The van der Waals surface area contributed by atoms with Gasteiger partial charge in [-0.25, -0.2) is 4.21 Å². The first-order valence-electron chi connectivity index (χ1n) is 6.44. The fraction of sp³-hybridized carbons (Fsp3) is 0.571. The minimum Gasteiger partial charge on any atom is -0.297 e. The molecule has 2 rings (SSSR count). The summed E-state index contributed by atoms with van der Waals surface area (Å²) in [7, 11) is -0.331. The Morgan fingerprint density at radius 1 is 1.39 bits per heavy atom. The van der Waals surface area contributed by atoms with Crippen LogP contribution in [0.1, 0.15) is 36.9 Å². The topological polar surface area (TPSA) is 44.2 Å². The van der Waals surface area contributed by atoms with Crippen molar-refractivity contribution in [1.82, 2.24) is 4.90 Å². The van der Waals surface area contributed by atoms with Crippen LogP contribution < -0.4 is 0 Å². The van der Waals surface area contributed by atoms with Gasteiger partial charge in [-0.1, -0.05) is 38.1 Å². The Morgan fingerprint density at radius 3 is 2.72 bits per heavy atom. The Bertz CT molecular complexity index is 522. The summed E-state index contributed by atoms with van der Waals surface area (Å²) in [5.41, 5.74) is 2.56. The standard InChI is InChI=1S/C14H22N2OS/c1-11(2)12-6-4-5-7-13(12)14-10-18(15,17)9-8-16(14)3/h4-7,11,14-15H,8-10H2,1-3H3. The van der Waals surface area contributed by atoms with E-state index in [1.54, 1.807) is 0 Å². The molecule has 0 aliphatic carbocycles. The number of nitrogens with zero attached hydrogens (tertiary/aromatic N) is 1. The molecule has 1 aliphatic heterocycles. The predicted molar refractivity (Wildman–Crippen MR) is 76.5 cm³/mol. The molecule has 1 heterocycles. The van der Waals surface area contributed by atoms with Crippen molar-refractivity contribution >= 4 is 9.73 Å². The third-order valence-electron chi connectivity index (χ3n) is 3.71. The second kappa shape index (κ2) is 5.02. The molecule has 1 aromatic rings. The number of hydrogen-bond donors (Lipinski definition) is 1. The molecule has 0 amide bonds. The second-order valence-corrected chi connectivity index (χ2v) is 7.83. The van der Waals surface area contributed by atoms with E-state index in [-0.39, 0.29) is 6.04 Å². The van der Waals surface area contributed by atoms with Crippen molar-refractivity contribution in [1.29, 1.82) is 4.78 Å². The molecule has 4 heteroatoms. The summed E-state index contributed by atoms with van der Waals surface area (Å²) in [5.74, 6) is 1.43. The third-order valence-corrected chi connectivity index (χ3v) is 5.41. The SMILES string of the molecule is CC(C)c1ccccc1C1CS(=N)(=O)CCN1C. The van der Waals surface area contributed by atoms with Gasteiger partial charge in [0.15, 0.2) is 0 Å². The van der Waals surface area contributed by atoms with E-state index in [2.05, 4.69) is 44.0 Å². The highest BCUT2D eigenvalue weighted by Gasteiger charge is 2.29. The maximum Gasteiger partial charge on any atom is 0.0513 e. The lowest BCUT2D eigenvalue weighted by Gasteiger charge is -2.35. The van der Waals surface area contributed by atoms with Gasteiger partial charge in [-0.05, 0) is 24.1 Å². The minimum absolute atomic E-state index is 0.127. The van der Waals surface area contributed by atoms with E-state index in [9.17, 15) is 4.21 Å². The van der Waals surface area contributed by atoms with Crippen LogP contribution in [0.2, 0.25) is 0 Å². The first kappa shape index (κ1) is 13.6. The van der Waals surface area contributed by atoms with Gasteiger partial charge in [0.2, 0.25) is 0 Å². The lowest BCUT2D eigenvalue weighted by Crippen LogP contribution is -2.40. The van der Waals surface area contributed by atoms with Crippen LogP contribution in [0.25, 0.3) is 0 Å². The van der Waals surface area contributed by atoms with Gasteiger partial charge < -0.3 is 0 Å². The zero-order valence-electron chi connectivity index (χ0n) is 11.3. The first-order valence-corrected chi connectivity index (χ1v) is 8.33. The molecule has 100 valence electrons. The molecule has 1 saturated heterocycles. The fourth-order valence-corrected chi connectivity index (χ4v) is 4.27. The molecule has 2 unspecified atom stereocenters. The molecule has 1 fully saturated rings. The van der Waals surface area contributed by atoms with Crippen molar-refractivity contribution in [2.24, 2.45) is 0 Å². The molecule has 2 atom stereocenters. The summed E-state index contributed by atoms with van der Waals surface area (Å²) < 4.78 is 19.9. The molecule has 1 aliphatic rings. The monoisotopic (exact) mass is 266 g/mol. The van der Waals surface area contributed by atoms with E-state index in [1.807, 2.05) is 6.07 Å². The summed E-state index contributed by atoms with van der Waals surface area (Å²) in [6, 6.07) is 8.49. The third kappa shape index (κ3) is 2.75. The lowest BCUT2D eigenvalue weighted by molar-refractivity contribution is 0.268. The number of rotatable bonds is 2. The van der Waals surface area contributed by atoms with Crippen molar-refractivity contribution in [2.75, 3.05) is 25.1 Å². The molecule has 18 heavy (non-hydrogen) atoms. The van der Waals surface area contributed by atoms with E-state index < -0.39 is 9.73 Å². The maximum absolute atomic E-state index is 12.1. The smallest absolute Gasteiger partial charge is 0.0513 e.